The number of ether oxygens (including phenoxy) is 1. The van der Waals surface area contributed by atoms with Gasteiger partial charge >= 0.3 is 0 Å². The molecular formula is C30H37FN6O3. The molecule has 212 valence electrons. The van der Waals surface area contributed by atoms with Crippen LogP contribution in [0.2, 0.25) is 0 Å². The van der Waals surface area contributed by atoms with Crippen molar-refractivity contribution in [1.82, 2.24) is 30.1 Å². The highest BCUT2D eigenvalue weighted by Gasteiger charge is 2.42. The van der Waals surface area contributed by atoms with Gasteiger partial charge in [-0.05, 0) is 37.1 Å². The molecule has 4 rings (SSSR count). The Labute approximate surface area is 234 Å². The average Bonchev–Trinajstić information content (AvgIpc) is 2.97. The number of halogens is 1. The maximum Gasteiger partial charge on any atom is 0.244 e. The number of methoxy groups -OCH3 is 1. The van der Waals surface area contributed by atoms with E-state index in [1.165, 1.54) is 6.07 Å². The second kappa shape index (κ2) is 13.5. The van der Waals surface area contributed by atoms with Crippen molar-refractivity contribution in [3.63, 3.8) is 0 Å². The third kappa shape index (κ3) is 6.86. The topological polar surface area (TPSA) is 101 Å². The predicted molar refractivity (Wildman–Crippen MR) is 149 cm³/mol. The van der Waals surface area contributed by atoms with E-state index in [0.717, 1.165) is 11.1 Å². The highest BCUT2D eigenvalue weighted by atomic mass is 19.1. The van der Waals surface area contributed by atoms with Crippen LogP contribution in [0.4, 0.5) is 4.39 Å². The Morgan fingerprint density at radius 3 is 2.40 bits per heavy atom. The summed E-state index contributed by atoms with van der Waals surface area (Å²) in [6.45, 7) is 7.03. The second-order valence-corrected chi connectivity index (χ2v) is 10.4. The summed E-state index contributed by atoms with van der Waals surface area (Å²) < 4.78 is 20.2. The summed E-state index contributed by atoms with van der Waals surface area (Å²) in [6, 6.07) is 11.0. The van der Waals surface area contributed by atoms with Crippen molar-refractivity contribution in [2.45, 2.75) is 51.9 Å². The quantitative estimate of drug-likeness (QED) is 0.413. The molecule has 1 aliphatic heterocycles. The SMILES string of the molecule is COCC[C@H](c1ncccc1F)N1C[C@@H](C)N(C(=O)C(C)C)[C@@H](C(=O)NCc2ccc(-c3ncccn3)cc2)C1. The Bertz CT molecular complexity index is 1270. The number of nitrogens with one attached hydrogen (secondary N) is 1. The smallest absolute Gasteiger partial charge is 0.244 e. The molecule has 0 bridgehead atoms. The zero-order valence-corrected chi connectivity index (χ0v) is 23.5. The molecule has 1 aliphatic rings. The summed E-state index contributed by atoms with van der Waals surface area (Å²) in [7, 11) is 1.60. The maximum atomic E-state index is 14.8. The van der Waals surface area contributed by atoms with Crippen LogP contribution >= 0.6 is 0 Å². The van der Waals surface area contributed by atoms with E-state index in [1.807, 2.05) is 45.0 Å². The molecule has 3 heterocycles. The molecule has 40 heavy (non-hydrogen) atoms. The van der Waals surface area contributed by atoms with Crippen LogP contribution in [-0.4, -0.2) is 75.5 Å². The van der Waals surface area contributed by atoms with Gasteiger partial charge in [-0.15, -0.1) is 0 Å². The maximum absolute atomic E-state index is 14.8. The van der Waals surface area contributed by atoms with E-state index >= 15 is 0 Å². The molecule has 0 unspecified atom stereocenters. The van der Waals surface area contributed by atoms with Crippen molar-refractivity contribution in [3.8, 4) is 11.4 Å². The molecule has 2 amide bonds. The molecular weight excluding hydrogens is 511 g/mol. The summed E-state index contributed by atoms with van der Waals surface area (Å²) in [5.41, 5.74) is 2.10. The van der Waals surface area contributed by atoms with Crippen LogP contribution in [0, 0.1) is 11.7 Å². The Hall–Kier alpha value is -3.76. The predicted octanol–water partition coefficient (Wildman–Crippen LogP) is 3.63. The second-order valence-electron chi connectivity index (χ2n) is 10.4. The number of rotatable bonds is 10. The van der Waals surface area contributed by atoms with Gasteiger partial charge in [-0.2, -0.15) is 0 Å². The molecule has 10 heteroatoms. The largest absolute Gasteiger partial charge is 0.385 e. The van der Waals surface area contributed by atoms with E-state index in [0.29, 0.717) is 37.6 Å². The van der Waals surface area contributed by atoms with Gasteiger partial charge in [0.15, 0.2) is 5.82 Å². The number of hydrogen-bond acceptors (Lipinski definition) is 7. The molecule has 1 fully saturated rings. The third-order valence-electron chi connectivity index (χ3n) is 7.15. The average molecular weight is 549 g/mol. The van der Waals surface area contributed by atoms with Crippen molar-refractivity contribution in [2.75, 3.05) is 26.8 Å². The number of aromatic nitrogens is 3. The van der Waals surface area contributed by atoms with E-state index in [1.54, 1.807) is 42.7 Å². The molecule has 1 N–H and O–H groups in total. The lowest BCUT2D eigenvalue weighted by Gasteiger charge is -2.47. The first-order chi connectivity index (χ1) is 19.3. The van der Waals surface area contributed by atoms with Gasteiger partial charge in [-0.25, -0.2) is 14.4 Å². The number of nitrogens with zero attached hydrogens (tertiary/aromatic N) is 5. The monoisotopic (exact) mass is 548 g/mol. The molecule has 3 atom stereocenters. The van der Waals surface area contributed by atoms with Gasteiger partial charge in [0.2, 0.25) is 11.8 Å². The first-order valence-corrected chi connectivity index (χ1v) is 13.6. The number of hydrogen-bond donors (Lipinski definition) is 1. The van der Waals surface area contributed by atoms with Crippen LogP contribution in [0.3, 0.4) is 0 Å². The lowest BCUT2D eigenvalue weighted by molar-refractivity contribution is -0.151. The molecule has 1 aromatic carbocycles. The third-order valence-corrected chi connectivity index (χ3v) is 7.15. The minimum Gasteiger partial charge on any atom is -0.385 e. The molecule has 0 spiro atoms. The van der Waals surface area contributed by atoms with Crippen molar-refractivity contribution < 1.29 is 18.7 Å². The van der Waals surface area contributed by atoms with Crippen LogP contribution in [0.15, 0.2) is 61.1 Å². The fourth-order valence-corrected chi connectivity index (χ4v) is 5.14. The van der Waals surface area contributed by atoms with Crippen LogP contribution in [0.5, 0.6) is 0 Å². The molecule has 0 radical (unpaired) electrons. The van der Waals surface area contributed by atoms with Gasteiger partial charge in [0.25, 0.3) is 0 Å². The van der Waals surface area contributed by atoms with Crippen LogP contribution in [0.25, 0.3) is 11.4 Å². The van der Waals surface area contributed by atoms with Crippen LogP contribution < -0.4 is 5.32 Å². The highest BCUT2D eigenvalue weighted by molar-refractivity contribution is 5.89. The van der Waals surface area contributed by atoms with Crippen molar-refractivity contribution in [1.29, 1.82) is 0 Å². The first-order valence-electron chi connectivity index (χ1n) is 13.6. The van der Waals surface area contributed by atoms with Gasteiger partial charge in [-0.3, -0.25) is 19.5 Å². The van der Waals surface area contributed by atoms with E-state index in [9.17, 15) is 14.0 Å². The zero-order chi connectivity index (χ0) is 28.6. The number of pyridine rings is 1. The van der Waals surface area contributed by atoms with E-state index in [-0.39, 0.29) is 30.3 Å². The Morgan fingerprint density at radius 2 is 1.75 bits per heavy atom. The minimum absolute atomic E-state index is 0.0861. The number of carbonyl (C=O) groups is 2. The van der Waals surface area contributed by atoms with Crippen molar-refractivity contribution in [3.05, 3.63) is 78.1 Å². The standard InChI is InChI=1S/C30H37FN6O3/c1-20(2)30(39)37-21(3)18-36(25(12-16-40-4)27-24(31)7-5-13-32-27)19-26(37)29(38)35-17-22-8-10-23(11-9-22)28-33-14-6-15-34-28/h5-11,13-15,20-21,25-26H,12,16-19H2,1-4H3,(H,35,38)/t21-,25-,26-/m1/s1. The molecule has 2 aromatic heterocycles. The minimum atomic E-state index is -0.743. The summed E-state index contributed by atoms with van der Waals surface area (Å²) in [6.07, 6.45) is 5.45. The Kier molecular flexibility index (Phi) is 9.89. The zero-order valence-electron chi connectivity index (χ0n) is 23.5. The van der Waals surface area contributed by atoms with E-state index in [4.69, 9.17) is 4.74 Å². The summed E-state index contributed by atoms with van der Waals surface area (Å²) >= 11 is 0. The van der Waals surface area contributed by atoms with Crippen molar-refractivity contribution >= 4 is 11.8 Å². The Balaban J connectivity index is 1.54. The number of benzene rings is 1. The lowest BCUT2D eigenvalue weighted by atomic mass is 9.98. The fourth-order valence-electron chi connectivity index (χ4n) is 5.14. The van der Waals surface area contributed by atoms with Gasteiger partial charge in [0.05, 0.1) is 11.7 Å². The summed E-state index contributed by atoms with van der Waals surface area (Å²) in [4.78, 5) is 43.5. The van der Waals surface area contributed by atoms with Gasteiger partial charge < -0.3 is 15.0 Å². The van der Waals surface area contributed by atoms with Gasteiger partial charge in [0.1, 0.15) is 11.9 Å². The lowest BCUT2D eigenvalue weighted by Crippen LogP contribution is -2.65. The molecule has 0 saturated carbocycles. The normalized spacial score (nSPS) is 18.5. The van der Waals surface area contributed by atoms with Crippen LogP contribution in [0.1, 0.15) is 44.5 Å². The van der Waals surface area contributed by atoms with E-state index < -0.39 is 17.9 Å². The summed E-state index contributed by atoms with van der Waals surface area (Å²) in [5.74, 6) is -0.383. The van der Waals surface area contributed by atoms with Crippen LogP contribution in [-0.2, 0) is 20.9 Å². The Morgan fingerprint density at radius 1 is 1.05 bits per heavy atom. The number of amides is 2. The molecule has 9 nitrogen and oxygen atoms in total. The highest BCUT2D eigenvalue weighted by Crippen LogP contribution is 2.30. The van der Waals surface area contributed by atoms with Gasteiger partial charge in [-0.1, -0.05) is 38.1 Å². The van der Waals surface area contributed by atoms with Crippen molar-refractivity contribution in [2.24, 2.45) is 5.92 Å². The molecule has 1 saturated heterocycles. The first kappa shape index (κ1) is 29.2. The number of piperazine rings is 1. The fraction of sp³-hybridized carbons (Fsp3) is 0.433. The molecule has 3 aromatic rings. The molecule has 0 aliphatic carbocycles. The summed E-state index contributed by atoms with van der Waals surface area (Å²) in [5, 5.41) is 3.02. The number of carbonyl (C=O) groups excluding carboxylic acids is 2. The van der Waals surface area contributed by atoms with Gasteiger partial charge in [0, 0.05) is 69.5 Å². The van der Waals surface area contributed by atoms with E-state index in [2.05, 4.69) is 25.2 Å².